The zero-order valence-electron chi connectivity index (χ0n) is 13.5. The summed E-state index contributed by atoms with van der Waals surface area (Å²) in [5.41, 5.74) is 2.30. The summed E-state index contributed by atoms with van der Waals surface area (Å²) in [6.45, 7) is 0.581. The maximum absolute atomic E-state index is 13.1. The van der Waals surface area contributed by atoms with Gasteiger partial charge in [0.2, 0.25) is 0 Å². The van der Waals surface area contributed by atoms with Crippen LogP contribution in [0.25, 0.3) is 0 Å². The van der Waals surface area contributed by atoms with Gasteiger partial charge in [0.25, 0.3) is 0 Å². The molecule has 2 aromatic rings. The van der Waals surface area contributed by atoms with Gasteiger partial charge in [-0.25, -0.2) is 4.79 Å². The minimum Gasteiger partial charge on any atom is -0.359 e. The molecule has 0 aliphatic carbocycles. The lowest BCUT2D eigenvalue weighted by Gasteiger charge is -2.25. The van der Waals surface area contributed by atoms with Gasteiger partial charge < -0.3 is 9.64 Å². The van der Waals surface area contributed by atoms with Crippen LogP contribution in [-0.2, 0) is 11.3 Å². The third-order valence-corrected chi connectivity index (χ3v) is 6.01. The highest BCUT2D eigenvalue weighted by atomic mass is 32.2. The van der Waals surface area contributed by atoms with E-state index in [0.29, 0.717) is 6.54 Å². The smallest absolute Gasteiger partial charge is 0.324 e. The predicted octanol–water partition coefficient (Wildman–Crippen LogP) is 3.71. The lowest BCUT2D eigenvalue weighted by Crippen LogP contribution is -2.38. The summed E-state index contributed by atoms with van der Waals surface area (Å²) in [6, 6.07) is 20.5. The maximum atomic E-state index is 13.1. The summed E-state index contributed by atoms with van der Waals surface area (Å²) in [5, 5.41) is 0.0714. The Morgan fingerprint density at radius 3 is 2.42 bits per heavy atom. The first-order valence-corrected chi connectivity index (χ1v) is 9.16. The van der Waals surface area contributed by atoms with Crippen molar-refractivity contribution in [3.63, 3.8) is 0 Å². The van der Waals surface area contributed by atoms with E-state index in [2.05, 4.69) is 12.1 Å². The Morgan fingerprint density at radius 2 is 1.75 bits per heavy atom. The Labute approximate surface area is 146 Å². The molecule has 0 N–H and O–H groups in total. The number of nitrogens with zero attached hydrogens (tertiary/aromatic N) is 2. The molecule has 2 amide bonds. The summed E-state index contributed by atoms with van der Waals surface area (Å²) in [6.07, 6.45) is -0.195. The van der Waals surface area contributed by atoms with Gasteiger partial charge in [-0.3, -0.25) is 4.90 Å². The van der Waals surface area contributed by atoms with Crippen molar-refractivity contribution in [2.24, 2.45) is 0 Å². The van der Waals surface area contributed by atoms with Crippen molar-refractivity contribution in [2.75, 3.05) is 12.9 Å². The van der Waals surface area contributed by atoms with Crippen LogP contribution in [0.2, 0.25) is 0 Å². The van der Waals surface area contributed by atoms with Crippen molar-refractivity contribution in [1.82, 2.24) is 9.80 Å². The van der Waals surface area contributed by atoms with E-state index in [1.54, 1.807) is 7.11 Å². The van der Waals surface area contributed by atoms with Gasteiger partial charge in [-0.15, -0.1) is 11.8 Å². The summed E-state index contributed by atoms with van der Waals surface area (Å²) < 4.78 is 5.71. The molecule has 0 spiro atoms. The zero-order valence-corrected chi connectivity index (χ0v) is 14.4. The molecule has 3 atom stereocenters. The first kappa shape index (κ1) is 15.5. The molecule has 2 aliphatic heterocycles. The highest BCUT2D eigenvalue weighted by Crippen LogP contribution is 2.47. The van der Waals surface area contributed by atoms with Gasteiger partial charge in [0.15, 0.2) is 6.23 Å². The number of amides is 2. The molecule has 0 radical (unpaired) electrons. The molecule has 0 saturated carbocycles. The Hall–Kier alpha value is -1.98. The number of carbonyl (C=O) groups is 1. The third kappa shape index (κ3) is 2.58. The number of carbonyl (C=O) groups excluding carboxylic acids is 1. The van der Waals surface area contributed by atoms with Gasteiger partial charge in [-0.2, -0.15) is 0 Å². The Bertz CT molecular complexity index is 710. The van der Waals surface area contributed by atoms with Gasteiger partial charge in [0.05, 0.1) is 12.6 Å². The van der Waals surface area contributed by atoms with Crippen LogP contribution in [0.4, 0.5) is 4.79 Å². The van der Waals surface area contributed by atoms with Gasteiger partial charge in [-0.1, -0.05) is 60.7 Å². The minimum absolute atomic E-state index is 0.0644. The highest BCUT2D eigenvalue weighted by Gasteiger charge is 2.52. The van der Waals surface area contributed by atoms with Crippen LogP contribution in [0.1, 0.15) is 16.5 Å². The molecule has 2 aromatic carbocycles. The van der Waals surface area contributed by atoms with E-state index in [9.17, 15) is 4.79 Å². The SMILES string of the molecule is COC1[C@@H]2CS[C@@H](c3ccccc3)N2C(=O)N1Cc1ccccc1. The van der Waals surface area contributed by atoms with E-state index < -0.39 is 0 Å². The second kappa shape index (κ2) is 6.49. The second-order valence-corrected chi connectivity index (χ2v) is 7.21. The van der Waals surface area contributed by atoms with E-state index in [4.69, 9.17) is 4.74 Å². The van der Waals surface area contributed by atoms with E-state index in [-0.39, 0.29) is 23.7 Å². The van der Waals surface area contributed by atoms with Crippen molar-refractivity contribution in [3.05, 3.63) is 71.8 Å². The number of benzene rings is 2. The fraction of sp³-hybridized carbons (Fsp3) is 0.316. The largest absolute Gasteiger partial charge is 0.359 e. The van der Waals surface area contributed by atoms with Crippen LogP contribution < -0.4 is 0 Å². The zero-order chi connectivity index (χ0) is 16.5. The maximum Gasteiger partial charge on any atom is 0.324 e. The molecular weight excluding hydrogens is 320 g/mol. The molecule has 5 heteroatoms. The molecule has 1 unspecified atom stereocenters. The number of urea groups is 1. The summed E-state index contributed by atoms with van der Waals surface area (Å²) in [7, 11) is 1.69. The lowest BCUT2D eigenvalue weighted by molar-refractivity contribution is -0.00580. The molecule has 2 aliphatic rings. The molecule has 124 valence electrons. The van der Waals surface area contributed by atoms with Crippen LogP contribution in [0.15, 0.2) is 60.7 Å². The molecule has 4 nitrogen and oxygen atoms in total. The van der Waals surface area contributed by atoms with Crippen molar-refractivity contribution in [2.45, 2.75) is 24.2 Å². The topological polar surface area (TPSA) is 32.8 Å². The van der Waals surface area contributed by atoms with Gasteiger partial charge in [-0.05, 0) is 11.1 Å². The van der Waals surface area contributed by atoms with E-state index in [0.717, 1.165) is 11.3 Å². The van der Waals surface area contributed by atoms with Crippen LogP contribution in [0.3, 0.4) is 0 Å². The first-order chi connectivity index (χ1) is 11.8. The number of fused-ring (bicyclic) bond motifs is 1. The van der Waals surface area contributed by atoms with Crippen LogP contribution >= 0.6 is 11.8 Å². The van der Waals surface area contributed by atoms with E-state index in [1.807, 2.05) is 70.1 Å². The first-order valence-electron chi connectivity index (χ1n) is 8.12. The molecule has 0 aromatic heterocycles. The number of methoxy groups -OCH3 is 1. The number of hydrogen-bond donors (Lipinski definition) is 0. The normalized spacial score (nSPS) is 26.0. The Kier molecular flexibility index (Phi) is 4.21. The number of hydrogen-bond acceptors (Lipinski definition) is 3. The van der Waals surface area contributed by atoms with Gasteiger partial charge in [0.1, 0.15) is 5.37 Å². The molecular formula is C19H20N2O2S. The highest BCUT2D eigenvalue weighted by molar-refractivity contribution is 7.99. The number of ether oxygens (including phenoxy) is 1. The van der Waals surface area contributed by atoms with E-state index in [1.165, 1.54) is 5.56 Å². The monoisotopic (exact) mass is 340 g/mol. The summed E-state index contributed by atoms with van der Waals surface area (Å²) in [5.74, 6) is 0.898. The van der Waals surface area contributed by atoms with Crippen molar-refractivity contribution >= 4 is 17.8 Å². The summed E-state index contributed by atoms with van der Waals surface area (Å²) in [4.78, 5) is 17.0. The standard InChI is InChI=1S/C19H20N2O2S/c1-23-17-16-13-24-18(15-10-6-3-7-11-15)21(16)19(22)20(17)12-14-8-4-2-5-9-14/h2-11,16-18H,12-13H2,1H3/t16-,17?,18-/m0/s1. The number of thioether (sulfide) groups is 1. The fourth-order valence-electron chi connectivity index (χ4n) is 3.55. The third-order valence-electron chi connectivity index (χ3n) is 4.66. The second-order valence-electron chi connectivity index (χ2n) is 6.09. The molecule has 2 saturated heterocycles. The van der Waals surface area contributed by atoms with Crippen molar-refractivity contribution in [3.8, 4) is 0 Å². The molecule has 4 rings (SSSR count). The fourth-order valence-corrected chi connectivity index (χ4v) is 5.01. The van der Waals surface area contributed by atoms with Crippen LogP contribution in [0.5, 0.6) is 0 Å². The average molecular weight is 340 g/mol. The predicted molar refractivity (Wildman–Crippen MR) is 95.4 cm³/mol. The molecule has 24 heavy (non-hydrogen) atoms. The Balaban J connectivity index is 1.61. The van der Waals surface area contributed by atoms with Crippen LogP contribution in [-0.4, -0.2) is 41.0 Å². The Morgan fingerprint density at radius 1 is 1.08 bits per heavy atom. The van der Waals surface area contributed by atoms with Crippen LogP contribution in [0, 0.1) is 0 Å². The number of rotatable bonds is 4. The molecule has 2 fully saturated rings. The minimum atomic E-state index is -0.195. The van der Waals surface area contributed by atoms with Crippen molar-refractivity contribution in [1.29, 1.82) is 0 Å². The van der Waals surface area contributed by atoms with E-state index >= 15 is 0 Å². The quantitative estimate of drug-likeness (QED) is 0.850. The van der Waals surface area contributed by atoms with Crippen molar-refractivity contribution < 1.29 is 9.53 Å². The lowest BCUT2D eigenvalue weighted by atomic mass is 10.2. The van der Waals surface area contributed by atoms with Gasteiger partial charge >= 0.3 is 6.03 Å². The molecule has 0 bridgehead atoms. The van der Waals surface area contributed by atoms with Gasteiger partial charge in [0, 0.05) is 12.9 Å². The molecule has 2 heterocycles. The average Bonchev–Trinajstić information content (AvgIpc) is 3.17. The summed E-state index contributed by atoms with van der Waals surface area (Å²) >= 11 is 1.82.